The summed E-state index contributed by atoms with van der Waals surface area (Å²) in [4.78, 5) is 10.5. The molecule has 0 saturated carbocycles. The molecule has 1 saturated heterocycles. The van der Waals surface area contributed by atoms with Crippen molar-refractivity contribution in [3.8, 4) is 0 Å². The van der Waals surface area contributed by atoms with Crippen LogP contribution in [0.15, 0.2) is 11.6 Å². The topological polar surface area (TPSA) is 63.7 Å². The Kier molecular flexibility index (Phi) is 4.49. The largest absolute Gasteiger partial charge is 0.462 e. The van der Waals surface area contributed by atoms with Crippen LogP contribution in [0.1, 0.15) is 19.8 Å². The van der Waals surface area contributed by atoms with E-state index in [0.29, 0.717) is 25.9 Å². The third kappa shape index (κ3) is 4.32. The van der Waals surface area contributed by atoms with Gasteiger partial charge < -0.3 is 4.74 Å². The molecule has 0 amide bonds. The van der Waals surface area contributed by atoms with Crippen LogP contribution < -0.4 is 0 Å². The van der Waals surface area contributed by atoms with Crippen LogP contribution in [0.5, 0.6) is 0 Å². The molecule has 0 aliphatic carbocycles. The van der Waals surface area contributed by atoms with Gasteiger partial charge in [-0.25, -0.2) is 12.7 Å². The average Bonchev–Trinajstić information content (AvgIpc) is 2.16. The third-order valence-electron chi connectivity index (χ3n) is 2.49. The lowest BCUT2D eigenvalue weighted by Crippen LogP contribution is -2.35. The summed E-state index contributed by atoms with van der Waals surface area (Å²) in [7, 11) is -3.06. The Morgan fingerprint density at radius 3 is 2.44 bits per heavy atom. The van der Waals surface area contributed by atoms with Crippen molar-refractivity contribution in [2.75, 3.05) is 26.0 Å². The molecular formula is C10H17NO4S. The molecule has 0 atom stereocenters. The molecule has 0 bridgehead atoms. The zero-order valence-corrected chi connectivity index (χ0v) is 10.4. The highest BCUT2D eigenvalue weighted by molar-refractivity contribution is 7.88. The predicted molar refractivity (Wildman–Crippen MR) is 60.4 cm³/mol. The molecular weight excluding hydrogens is 230 g/mol. The van der Waals surface area contributed by atoms with Crippen molar-refractivity contribution in [2.45, 2.75) is 19.8 Å². The summed E-state index contributed by atoms with van der Waals surface area (Å²) in [5, 5.41) is 0. The van der Waals surface area contributed by atoms with Crippen LogP contribution in [0, 0.1) is 0 Å². The van der Waals surface area contributed by atoms with E-state index < -0.39 is 10.0 Å². The summed E-state index contributed by atoms with van der Waals surface area (Å²) in [6.45, 7) is 2.68. The van der Waals surface area contributed by atoms with E-state index in [1.165, 1.54) is 17.5 Å². The van der Waals surface area contributed by atoms with Gasteiger partial charge in [0.05, 0.1) is 6.26 Å². The van der Waals surface area contributed by atoms with Gasteiger partial charge in [-0.2, -0.15) is 0 Å². The smallest absolute Gasteiger partial charge is 0.302 e. The molecule has 0 radical (unpaired) electrons. The van der Waals surface area contributed by atoms with Crippen molar-refractivity contribution in [3.05, 3.63) is 11.6 Å². The standard InChI is InChI=1S/C10H17NO4S/c1-9(12)15-8-5-10-3-6-11(7-4-10)16(2,13)14/h5H,3-4,6-8H2,1-2H3. The van der Waals surface area contributed by atoms with Crippen molar-refractivity contribution >= 4 is 16.0 Å². The van der Waals surface area contributed by atoms with Gasteiger partial charge in [0.1, 0.15) is 6.61 Å². The zero-order valence-electron chi connectivity index (χ0n) is 9.60. The van der Waals surface area contributed by atoms with Gasteiger partial charge in [0.15, 0.2) is 0 Å². The molecule has 1 rings (SSSR count). The third-order valence-corrected chi connectivity index (χ3v) is 3.80. The number of hydrogen-bond donors (Lipinski definition) is 0. The van der Waals surface area contributed by atoms with Crippen LogP contribution in [-0.2, 0) is 19.6 Å². The fourth-order valence-electron chi connectivity index (χ4n) is 1.59. The predicted octanol–water partition coefficient (Wildman–Crippen LogP) is 0.531. The molecule has 16 heavy (non-hydrogen) atoms. The van der Waals surface area contributed by atoms with Gasteiger partial charge in [0, 0.05) is 20.0 Å². The van der Waals surface area contributed by atoms with Gasteiger partial charge in [-0.3, -0.25) is 4.79 Å². The molecule has 0 aromatic rings. The second kappa shape index (κ2) is 5.45. The number of rotatable bonds is 3. The maximum absolute atomic E-state index is 11.2. The average molecular weight is 247 g/mol. The summed E-state index contributed by atoms with van der Waals surface area (Å²) < 4.78 is 28.7. The van der Waals surface area contributed by atoms with Crippen molar-refractivity contribution in [2.24, 2.45) is 0 Å². The first-order valence-electron chi connectivity index (χ1n) is 5.16. The molecule has 1 aliphatic rings. The Morgan fingerprint density at radius 1 is 1.44 bits per heavy atom. The lowest BCUT2D eigenvalue weighted by molar-refractivity contribution is -0.139. The molecule has 1 aliphatic heterocycles. The first-order valence-corrected chi connectivity index (χ1v) is 7.01. The van der Waals surface area contributed by atoms with Crippen molar-refractivity contribution in [1.29, 1.82) is 0 Å². The van der Waals surface area contributed by atoms with Crippen LogP contribution >= 0.6 is 0 Å². The highest BCUT2D eigenvalue weighted by Crippen LogP contribution is 2.17. The second-order valence-electron chi connectivity index (χ2n) is 3.83. The van der Waals surface area contributed by atoms with Crippen LogP contribution in [0.25, 0.3) is 0 Å². The lowest BCUT2D eigenvalue weighted by atomic mass is 10.1. The molecule has 0 aromatic heterocycles. The Hall–Kier alpha value is -0.880. The highest BCUT2D eigenvalue weighted by Gasteiger charge is 2.20. The van der Waals surface area contributed by atoms with Crippen molar-refractivity contribution < 1.29 is 17.9 Å². The molecule has 1 fully saturated rings. The Morgan fingerprint density at radius 2 is 2.00 bits per heavy atom. The summed E-state index contributed by atoms with van der Waals surface area (Å²) in [5.74, 6) is -0.301. The van der Waals surface area contributed by atoms with E-state index in [1.54, 1.807) is 0 Å². The van der Waals surface area contributed by atoms with Gasteiger partial charge in [-0.1, -0.05) is 5.57 Å². The number of hydrogen-bond acceptors (Lipinski definition) is 4. The Balaban J connectivity index is 2.40. The molecule has 1 heterocycles. The van der Waals surface area contributed by atoms with Crippen molar-refractivity contribution in [1.82, 2.24) is 4.31 Å². The second-order valence-corrected chi connectivity index (χ2v) is 5.81. The summed E-state index contributed by atoms with van der Waals surface area (Å²) in [5.41, 5.74) is 1.15. The van der Waals surface area contributed by atoms with Gasteiger partial charge in [0.25, 0.3) is 0 Å². The number of nitrogens with zero attached hydrogens (tertiary/aromatic N) is 1. The van der Waals surface area contributed by atoms with E-state index in [9.17, 15) is 13.2 Å². The molecule has 0 spiro atoms. The van der Waals surface area contributed by atoms with Gasteiger partial charge in [0.2, 0.25) is 10.0 Å². The van der Waals surface area contributed by atoms with E-state index in [1.807, 2.05) is 6.08 Å². The van der Waals surface area contributed by atoms with Crippen molar-refractivity contribution in [3.63, 3.8) is 0 Å². The molecule has 0 N–H and O–H groups in total. The first-order chi connectivity index (χ1) is 7.39. The zero-order chi connectivity index (χ0) is 12.2. The molecule has 0 unspecified atom stereocenters. The minimum absolute atomic E-state index is 0.281. The van der Waals surface area contributed by atoms with Gasteiger partial charge >= 0.3 is 5.97 Å². The molecule has 92 valence electrons. The Bertz CT molecular complexity index is 376. The fraction of sp³-hybridized carbons (Fsp3) is 0.700. The summed E-state index contributed by atoms with van der Waals surface area (Å²) >= 11 is 0. The number of carbonyl (C=O) groups is 1. The van der Waals surface area contributed by atoms with E-state index in [-0.39, 0.29) is 12.6 Å². The minimum Gasteiger partial charge on any atom is -0.462 e. The van der Waals surface area contributed by atoms with E-state index in [4.69, 9.17) is 4.74 Å². The van der Waals surface area contributed by atoms with E-state index >= 15 is 0 Å². The minimum atomic E-state index is -3.06. The number of carbonyl (C=O) groups excluding carboxylic acids is 1. The highest BCUT2D eigenvalue weighted by atomic mass is 32.2. The van der Waals surface area contributed by atoms with Crippen LogP contribution in [0.3, 0.4) is 0 Å². The monoisotopic (exact) mass is 247 g/mol. The molecule has 0 aromatic carbocycles. The lowest BCUT2D eigenvalue weighted by Gasteiger charge is -2.26. The quantitative estimate of drug-likeness (QED) is 0.539. The SMILES string of the molecule is CC(=O)OCC=C1CCN(S(C)(=O)=O)CC1. The number of ether oxygens (including phenoxy) is 1. The number of esters is 1. The summed E-state index contributed by atoms with van der Waals surface area (Å²) in [6, 6.07) is 0. The van der Waals surface area contributed by atoms with E-state index in [2.05, 4.69) is 0 Å². The van der Waals surface area contributed by atoms with Crippen LogP contribution in [-0.4, -0.2) is 44.6 Å². The Labute approximate surface area is 96.1 Å². The van der Waals surface area contributed by atoms with E-state index in [0.717, 1.165) is 5.57 Å². The summed E-state index contributed by atoms with van der Waals surface area (Å²) in [6.07, 6.45) is 4.52. The van der Waals surface area contributed by atoms with Crippen LogP contribution in [0.2, 0.25) is 0 Å². The normalized spacial score (nSPS) is 18.2. The fourth-order valence-corrected chi connectivity index (χ4v) is 2.43. The first kappa shape index (κ1) is 13.2. The number of piperidine rings is 1. The molecule has 6 heteroatoms. The number of sulfonamides is 1. The van der Waals surface area contributed by atoms with Crippen LogP contribution in [0.4, 0.5) is 0 Å². The molecule has 5 nitrogen and oxygen atoms in total. The maximum atomic E-state index is 11.2. The van der Waals surface area contributed by atoms with Gasteiger partial charge in [-0.15, -0.1) is 0 Å². The van der Waals surface area contributed by atoms with Gasteiger partial charge in [-0.05, 0) is 18.9 Å². The maximum Gasteiger partial charge on any atom is 0.302 e.